The van der Waals surface area contributed by atoms with E-state index in [0.717, 1.165) is 11.3 Å². The molecular weight excluding hydrogens is 150 g/mol. The highest BCUT2D eigenvalue weighted by molar-refractivity contribution is 5.34. The number of allylic oxidation sites excluding steroid dienone is 1. The first kappa shape index (κ1) is 9.33. The second-order valence-electron chi connectivity index (χ2n) is 3.94. The Hall–Kier alpha value is -0.760. The summed E-state index contributed by atoms with van der Waals surface area (Å²) in [5.41, 5.74) is 1.38. The van der Waals surface area contributed by atoms with Crippen LogP contribution in [0.1, 0.15) is 27.7 Å². The molecule has 1 unspecified atom stereocenters. The topological polar surface area (TPSA) is 32.3 Å². The fourth-order valence-corrected chi connectivity index (χ4v) is 1.37. The van der Waals surface area contributed by atoms with E-state index in [1.54, 1.807) is 13.8 Å². The molecule has 68 valence electrons. The standard InChI is InChI=1S/C10H17NO/c1-7-5-9(10(3,4)12)6-8(2)11-7/h5-7,11-12H,1-4H3. The molecule has 2 N–H and O–H groups in total. The van der Waals surface area contributed by atoms with Gasteiger partial charge < -0.3 is 10.4 Å². The maximum Gasteiger partial charge on any atom is 0.0838 e. The van der Waals surface area contributed by atoms with E-state index in [4.69, 9.17) is 0 Å². The second kappa shape index (κ2) is 2.94. The van der Waals surface area contributed by atoms with Crippen molar-refractivity contribution in [3.8, 4) is 0 Å². The van der Waals surface area contributed by atoms with Gasteiger partial charge in [-0.25, -0.2) is 0 Å². The zero-order valence-corrected chi connectivity index (χ0v) is 8.18. The summed E-state index contributed by atoms with van der Waals surface area (Å²) < 4.78 is 0. The van der Waals surface area contributed by atoms with Crippen LogP contribution in [-0.2, 0) is 0 Å². The summed E-state index contributed by atoms with van der Waals surface area (Å²) in [6.07, 6.45) is 4.03. The van der Waals surface area contributed by atoms with Crippen LogP contribution in [0.15, 0.2) is 23.4 Å². The second-order valence-corrected chi connectivity index (χ2v) is 3.94. The van der Waals surface area contributed by atoms with Crippen LogP contribution >= 0.6 is 0 Å². The van der Waals surface area contributed by atoms with Crippen LogP contribution in [-0.4, -0.2) is 16.7 Å². The average Bonchev–Trinajstić information content (AvgIpc) is 1.82. The molecule has 0 spiro atoms. The minimum Gasteiger partial charge on any atom is -0.386 e. The average molecular weight is 167 g/mol. The lowest BCUT2D eigenvalue weighted by Gasteiger charge is -2.26. The van der Waals surface area contributed by atoms with E-state index in [2.05, 4.69) is 12.2 Å². The molecule has 1 aliphatic heterocycles. The molecule has 0 radical (unpaired) electrons. The van der Waals surface area contributed by atoms with Crippen LogP contribution < -0.4 is 5.32 Å². The molecule has 2 heteroatoms. The Bertz CT molecular complexity index is 233. The van der Waals surface area contributed by atoms with Crippen molar-refractivity contribution in [2.24, 2.45) is 0 Å². The van der Waals surface area contributed by atoms with Gasteiger partial charge in [-0.2, -0.15) is 0 Å². The number of nitrogens with one attached hydrogen (secondary N) is 1. The third-order valence-electron chi connectivity index (χ3n) is 1.96. The van der Waals surface area contributed by atoms with Gasteiger partial charge in [0.2, 0.25) is 0 Å². The highest BCUT2D eigenvalue weighted by Crippen LogP contribution is 2.21. The maximum absolute atomic E-state index is 9.74. The molecule has 0 aromatic heterocycles. The molecule has 12 heavy (non-hydrogen) atoms. The number of aliphatic hydroxyl groups is 1. The van der Waals surface area contributed by atoms with Gasteiger partial charge in [-0.15, -0.1) is 0 Å². The lowest BCUT2D eigenvalue weighted by atomic mass is 9.93. The fourth-order valence-electron chi connectivity index (χ4n) is 1.37. The minimum atomic E-state index is -0.725. The summed E-state index contributed by atoms with van der Waals surface area (Å²) in [4.78, 5) is 0. The Morgan fingerprint density at radius 1 is 1.50 bits per heavy atom. The van der Waals surface area contributed by atoms with Gasteiger partial charge in [-0.05, 0) is 39.3 Å². The summed E-state index contributed by atoms with van der Waals surface area (Å²) in [6.45, 7) is 7.69. The van der Waals surface area contributed by atoms with Crippen LogP contribution in [0.25, 0.3) is 0 Å². The van der Waals surface area contributed by atoms with Crippen molar-refractivity contribution in [1.29, 1.82) is 0 Å². The zero-order valence-electron chi connectivity index (χ0n) is 8.18. The van der Waals surface area contributed by atoms with Gasteiger partial charge in [0, 0.05) is 11.7 Å². The van der Waals surface area contributed by atoms with E-state index in [0.29, 0.717) is 6.04 Å². The summed E-state index contributed by atoms with van der Waals surface area (Å²) in [5.74, 6) is 0. The largest absolute Gasteiger partial charge is 0.386 e. The van der Waals surface area contributed by atoms with Gasteiger partial charge in [-0.1, -0.05) is 6.08 Å². The lowest BCUT2D eigenvalue weighted by Crippen LogP contribution is -2.31. The van der Waals surface area contributed by atoms with E-state index < -0.39 is 5.60 Å². The van der Waals surface area contributed by atoms with Gasteiger partial charge in [0.15, 0.2) is 0 Å². The van der Waals surface area contributed by atoms with Crippen LogP contribution in [0.5, 0.6) is 0 Å². The van der Waals surface area contributed by atoms with Crippen molar-refractivity contribution < 1.29 is 5.11 Å². The Morgan fingerprint density at radius 2 is 2.08 bits per heavy atom. The molecule has 0 saturated heterocycles. The van der Waals surface area contributed by atoms with Crippen LogP contribution in [0, 0.1) is 0 Å². The molecule has 1 aliphatic rings. The highest BCUT2D eigenvalue weighted by Gasteiger charge is 2.20. The third-order valence-corrected chi connectivity index (χ3v) is 1.96. The van der Waals surface area contributed by atoms with Gasteiger partial charge in [0.1, 0.15) is 0 Å². The Balaban J connectivity index is 2.91. The van der Waals surface area contributed by atoms with Crippen LogP contribution in [0.4, 0.5) is 0 Å². The first-order valence-electron chi connectivity index (χ1n) is 4.29. The van der Waals surface area contributed by atoms with Crippen molar-refractivity contribution in [3.05, 3.63) is 23.4 Å². The first-order chi connectivity index (χ1) is 5.39. The summed E-state index contributed by atoms with van der Waals surface area (Å²) in [6, 6.07) is 0.316. The molecule has 0 fully saturated rings. The predicted octanol–water partition coefficient (Wildman–Crippen LogP) is 1.58. The Kier molecular flexibility index (Phi) is 2.29. The van der Waals surface area contributed by atoms with E-state index in [1.165, 1.54) is 0 Å². The summed E-state index contributed by atoms with van der Waals surface area (Å²) in [5, 5.41) is 13.0. The quantitative estimate of drug-likeness (QED) is 0.621. The van der Waals surface area contributed by atoms with E-state index >= 15 is 0 Å². The number of hydrogen-bond acceptors (Lipinski definition) is 2. The molecule has 1 rings (SSSR count). The number of rotatable bonds is 1. The molecule has 1 heterocycles. The fraction of sp³-hybridized carbons (Fsp3) is 0.600. The van der Waals surface area contributed by atoms with Gasteiger partial charge >= 0.3 is 0 Å². The third kappa shape index (κ3) is 2.11. The van der Waals surface area contributed by atoms with Crippen molar-refractivity contribution >= 4 is 0 Å². The normalized spacial score (nSPS) is 24.2. The Morgan fingerprint density at radius 3 is 2.50 bits per heavy atom. The first-order valence-corrected chi connectivity index (χ1v) is 4.29. The van der Waals surface area contributed by atoms with E-state index in [-0.39, 0.29) is 0 Å². The van der Waals surface area contributed by atoms with Gasteiger partial charge in [-0.3, -0.25) is 0 Å². The SMILES string of the molecule is CC1=CC(C(C)(C)O)=CC(C)N1. The van der Waals surface area contributed by atoms with Crippen molar-refractivity contribution in [2.45, 2.75) is 39.3 Å². The molecule has 0 aromatic carbocycles. The molecule has 0 bridgehead atoms. The molecule has 2 nitrogen and oxygen atoms in total. The lowest BCUT2D eigenvalue weighted by molar-refractivity contribution is 0.122. The van der Waals surface area contributed by atoms with Gasteiger partial charge in [0.05, 0.1) is 5.60 Å². The summed E-state index contributed by atoms with van der Waals surface area (Å²) in [7, 11) is 0. The predicted molar refractivity (Wildman–Crippen MR) is 50.7 cm³/mol. The molecule has 1 atom stereocenters. The molecule has 0 amide bonds. The molecular formula is C10H17NO. The van der Waals surface area contributed by atoms with Crippen molar-refractivity contribution in [2.75, 3.05) is 0 Å². The minimum absolute atomic E-state index is 0.316. The van der Waals surface area contributed by atoms with E-state index in [1.807, 2.05) is 19.1 Å². The maximum atomic E-state index is 9.74. The van der Waals surface area contributed by atoms with E-state index in [9.17, 15) is 5.11 Å². The van der Waals surface area contributed by atoms with Crippen LogP contribution in [0.2, 0.25) is 0 Å². The van der Waals surface area contributed by atoms with Crippen LogP contribution in [0.3, 0.4) is 0 Å². The highest BCUT2D eigenvalue weighted by atomic mass is 16.3. The van der Waals surface area contributed by atoms with Gasteiger partial charge in [0.25, 0.3) is 0 Å². The Labute approximate surface area is 74.0 Å². The monoisotopic (exact) mass is 167 g/mol. The van der Waals surface area contributed by atoms with Crippen molar-refractivity contribution in [3.63, 3.8) is 0 Å². The molecule has 0 saturated carbocycles. The molecule has 0 aromatic rings. The molecule has 0 aliphatic carbocycles. The number of dihydropyridines is 1. The smallest absolute Gasteiger partial charge is 0.0838 e. The summed E-state index contributed by atoms with van der Waals surface area (Å²) >= 11 is 0. The zero-order chi connectivity index (χ0) is 9.35. The van der Waals surface area contributed by atoms with Crippen molar-refractivity contribution in [1.82, 2.24) is 5.32 Å². The number of hydrogen-bond donors (Lipinski definition) is 2.